The van der Waals surface area contributed by atoms with E-state index in [1.165, 1.54) is 13.3 Å². The van der Waals surface area contributed by atoms with E-state index in [2.05, 4.69) is 43.0 Å². The molecule has 1 amide bonds. The number of hydrogen-bond donors (Lipinski definition) is 1. The zero-order chi connectivity index (χ0) is 20.1. The molecule has 2 aromatic rings. The number of hydrogen-bond acceptors (Lipinski definition) is 6. The second-order valence-corrected chi connectivity index (χ2v) is 7.41. The van der Waals surface area contributed by atoms with Crippen LogP contribution in [0.3, 0.4) is 0 Å². The van der Waals surface area contributed by atoms with Crippen molar-refractivity contribution in [2.24, 2.45) is 0 Å². The Kier molecular flexibility index (Phi) is 6.64. The van der Waals surface area contributed by atoms with Crippen molar-refractivity contribution in [2.45, 2.75) is 6.92 Å². The first-order valence-electron chi connectivity index (χ1n) is 9.13. The number of esters is 1. The number of halogens is 1. The zero-order valence-corrected chi connectivity index (χ0v) is 17.5. The fourth-order valence-electron chi connectivity index (χ4n) is 3.19. The van der Waals surface area contributed by atoms with Crippen LogP contribution in [0.5, 0.6) is 0 Å². The molecule has 8 heteroatoms. The molecule has 0 radical (unpaired) electrons. The summed E-state index contributed by atoms with van der Waals surface area (Å²) in [5.74, 6) is -0.730. The van der Waals surface area contributed by atoms with Crippen LogP contribution in [-0.2, 0) is 4.74 Å². The average molecular weight is 447 g/mol. The molecule has 0 saturated carbocycles. The van der Waals surface area contributed by atoms with Crippen LogP contribution in [-0.4, -0.2) is 61.6 Å². The van der Waals surface area contributed by atoms with E-state index in [4.69, 9.17) is 4.74 Å². The third-order valence-electron chi connectivity index (χ3n) is 4.79. The van der Waals surface area contributed by atoms with Crippen LogP contribution in [0.2, 0.25) is 0 Å². The van der Waals surface area contributed by atoms with Crippen molar-refractivity contribution < 1.29 is 14.3 Å². The first-order chi connectivity index (χ1) is 13.5. The number of rotatable bonds is 5. The van der Waals surface area contributed by atoms with Crippen LogP contribution in [0.15, 0.2) is 41.1 Å². The largest absolute Gasteiger partial charge is 0.465 e. The molecule has 1 aliphatic heterocycles. The predicted octanol–water partition coefficient (Wildman–Crippen LogP) is 3.02. The Bertz CT molecular complexity index is 866. The van der Waals surface area contributed by atoms with E-state index in [1.807, 2.05) is 6.07 Å². The Balaban J connectivity index is 1.89. The maximum absolute atomic E-state index is 12.7. The molecular formula is C20H23BrN4O3. The van der Waals surface area contributed by atoms with Gasteiger partial charge in [-0.25, -0.2) is 4.79 Å². The number of pyridine rings is 1. The number of likely N-dealkylation sites (N-methyl/N-ethyl adjacent to an activating group) is 1. The van der Waals surface area contributed by atoms with Gasteiger partial charge in [0.1, 0.15) is 0 Å². The molecule has 148 valence electrons. The molecule has 0 bridgehead atoms. The minimum absolute atomic E-state index is 0.288. The van der Waals surface area contributed by atoms with Gasteiger partial charge in [0.25, 0.3) is 5.91 Å². The summed E-state index contributed by atoms with van der Waals surface area (Å²) < 4.78 is 5.54. The number of aromatic nitrogens is 1. The summed E-state index contributed by atoms with van der Waals surface area (Å²) in [6, 6.07) is 6.95. The van der Waals surface area contributed by atoms with Crippen molar-refractivity contribution in [3.63, 3.8) is 0 Å². The highest BCUT2D eigenvalue weighted by atomic mass is 79.9. The second-order valence-electron chi connectivity index (χ2n) is 6.49. The minimum atomic E-state index is -0.443. The lowest BCUT2D eigenvalue weighted by Crippen LogP contribution is -2.46. The van der Waals surface area contributed by atoms with Crippen molar-refractivity contribution in [1.82, 2.24) is 9.88 Å². The van der Waals surface area contributed by atoms with Crippen LogP contribution in [0, 0.1) is 0 Å². The molecule has 28 heavy (non-hydrogen) atoms. The lowest BCUT2D eigenvalue weighted by Gasteiger charge is -2.36. The molecule has 0 unspecified atom stereocenters. The third-order valence-corrected chi connectivity index (χ3v) is 5.23. The summed E-state index contributed by atoms with van der Waals surface area (Å²) >= 11 is 3.33. The number of methoxy groups -OCH3 is 1. The van der Waals surface area contributed by atoms with E-state index < -0.39 is 5.97 Å². The number of nitrogens with zero attached hydrogens (tertiary/aromatic N) is 3. The quantitative estimate of drug-likeness (QED) is 0.711. The minimum Gasteiger partial charge on any atom is -0.465 e. The smallest absolute Gasteiger partial charge is 0.337 e. The van der Waals surface area contributed by atoms with E-state index >= 15 is 0 Å². The van der Waals surface area contributed by atoms with Gasteiger partial charge in [-0.15, -0.1) is 0 Å². The van der Waals surface area contributed by atoms with E-state index in [0.717, 1.165) is 42.9 Å². The predicted molar refractivity (Wildman–Crippen MR) is 112 cm³/mol. The van der Waals surface area contributed by atoms with Crippen LogP contribution < -0.4 is 10.2 Å². The van der Waals surface area contributed by atoms with Gasteiger partial charge in [-0.1, -0.05) is 6.92 Å². The van der Waals surface area contributed by atoms with Gasteiger partial charge in [-0.05, 0) is 46.7 Å². The van der Waals surface area contributed by atoms with E-state index in [-0.39, 0.29) is 5.91 Å². The number of piperazine rings is 1. The Hall–Kier alpha value is -2.45. The van der Waals surface area contributed by atoms with Gasteiger partial charge in [0.2, 0.25) is 0 Å². The molecule has 1 fully saturated rings. The zero-order valence-electron chi connectivity index (χ0n) is 15.9. The van der Waals surface area contributed by atoms with Crippen LogP contribution in [0.4, 0.5) is 11.4 Å². The Morgan fingerprint density at radius 3 is 2.54 bits per heavy atom. The van der Waals surface area contributed by atoms with Crippen LogP contribution in [0.25, 0.3) is 0 Å². The topological polar surface area (TPSA) is 74.8 Å². The van der Waals surface area contributed by atoms with Crippen molar-refractivity contribution in [2.75, 3.05) is 50.1 Å². The molecule has 0 atom stereocenters. The van der Waals surface area contributed by atoms with Gasteiger partial charge in [0.15, 0.2) is 0 Å². The molecular weight excluding hydrogens is 424 g/mol. The van der Waals surface area contributed by atoms with Crippen molar-refractivity contribution >= 4 is 39.2 Å². The molecule has 1 saturated heterocycles. The second kappa shape index (κ2) is 9.16. The van der Waals surface area contributed by atoms with Crippen molar-refractivity contribution in [1.29, 1.82) is 0 Å². The van der Waals surface area contributed by atoms with Gasteiger partial charge >= 0.3 is 5.97 Å². The molecule has 0 spiro atoms. The van der Waals surface area contributed by atoms with E-state index in [0.29, 0.717) is 16.8 Å². The van der Waals surface area contributed by atoms with E-state index in [1.54, 1.807) is 24.4 Å². The Morgan fingerprint density at radius 1 is 1.14 bits per heavy atom. The fourth-order valence-corrected chi connectivity index (χ4v) is 3.56. The summed E-state index contributed by atoms with van der Waals surface area (Å²) in [7, 11) is 1.34. The highest BCUT2D eigenvalue weighted by molar-refractivity contribution is 9.10. The molecule has 2 heterocycles. The fraction of sp³-hybridized carbons (Fsp3) is 0.350. The summed E-state index contributed by atoms with van der Waals surface area (Å²) in [6.45, 7) is 6.79. The average Bonchev–Trinajstić information content (AvgIpc) is 2.73. The Morgan fingerprint density at radius 2 is 1.89 bits per heavy atom. The standard InChI is InChI=1S/C20H23BrN4O3/c1-3-24-6-8-25(9-7-24)18-5-4-14(20(27)28-2)11-17(18)23-19(26)15-10-16(21)13-22-12-15/h4-5,10-13H,3,6-9H2,1-2H3,(H,23,26). The van der Waals surface area contributed by atoms with Crippen molar-refractivity contribution in [3.05, 3.63) is 52.3 Å². The molecule has 1 aromatic carbocycles. The molecule has 1 N–H and O–H groups in total. The van der Waals surface area contributed by atoms with Gasteiger partial charge < -0.3 is 19.9 Å². The number of anilines is 2. The molecule has 0 aliphatic carbocycles. The molecule has 1 aliphatic rings. The number of amides is 1. The van der Waals surface area contributed by atoms with Crippen molar-refractivity contribution in [3.8, 4) is 0 Å². The normalized spacial score (nSPS) is 14.6. The molecule has 1 aromatic heterocycles. The van der Waals surface area contributed by atoms with Crippen LogP contribution >= 0.6 is 15.9 Å². The Labute approximate surface area is 172 Å². The number of ether oxygens (including phenoxy) is 1. The summed E-state index contributed by atoms with van der Waals surface area (Å²) in [5, 5.41) is 2.93. The number of carbonyl (C=O) groups excluding carboxylic acids is 2. The molecule has 7 nitrogen and oxygen atoms in total. The van der Waals surface area contributed by atoms with Crippen LogP contribution in [0.1, 0.15) is 27.6 Å². The maximum Gasteiger partial charge on any atom is 0.337 e. The molecule has 3 rings (SSSR count). The summed E-state index contributed by atoms with van der Waals surface area (Å²) in [6.07, 6.45) is 3.12. The SMILES string of the molecule is CCN1CCN(c2ccc(C(=O)OC)cc2NC(=O)c2cncc(Br)c2)CC1. The van der Waals surface area contributed by atoms with Gasteiger partial charge in [-0.2, -0.15) is 0 Å². The third kappa shape index (κ3) is 4.69. The summed E-state index contributed by atoms with van der Waals surface area (Å²) in [4.78, 5) is 33.3. The van der Waals surface area contributed by atoms with Gasteiger partial charge in [0.05, 0.1) is 29.6 Å². The van der Waals surface area contributed by atoms with Gasteiger partial charge in [0, 0.05) is 43.0 Å². The monoisotopic (exact) mass is 446 g/mol. The summed E-state index contributed by atoms with van der Waals surface area (Å²) in [5.41, 5.74) is 2.29. The first kappa shape index (κ1) is 20.3. The number of nitrogens with one attached hydrogen (secondary N) is 1. The first-order valence-corrected chi connectivity index (χ1v) is 9.92. The van der Waals surface area contributed by atoms with E-state index in [9.17, 15) is 9.59 Å². The number of benzene rings is 1. The van der Waals surface area contributed by atoms with Gasteiger partial charge in [-0.3, -0.25) is 9.78 Å². The lowest BCUT2D eigenvalue weighted by atomic mass is 10.1. The lowest BCUT2D eigenvalue weighted by molar-refractivity contribution is 0.0600. The highest BCUT2D eigenvalue weighted by Crippen LogP contribution is 2.29. The maximum atomic E-state index is 12.7. The number of carbonyl (C=O) groups is 2. The highest BCUT2D eigenvalue weighted by Gasteiger charge is 2.21.